The molecular weight excluding hydrogens is 308 g/mol. The Kier molecular flexibility index (Phi) is 2.92. The van der Waals surface area contributed by atoms with Gasteiger partial charge in [-0.05, 0) is 23.9 Å². The van der Waals surface area contributed by atoms with Crippen LogP contribution in [0.4, 0.5) is 0 Å². The second-order valence-electron chi connectivity index (χ2n) is 6.46. The Morgan fingerprint density at radius 1 is 0.920 bits per heavy atom. The number of hydrogen-bond acceptors (Lipinski definition) is 2. The van der Waals surface area contributed by atoms with Crippen LogP contribution in [0, 0.1) is 6.92 Å². The zero-order valence-electron chi connectivity index (χ0n) is 14.2. The summed E-state index contributed by atoms with van der Waals surface area (Å²) in [5.41, 5.74) is 5.05. The topological polar surface area (TPSA) is 29.9 Å². The molecule has 0 fully saturated rings. The molecule has 5 aromatic rings. The van der Waals surface area contributed by atoms with Crippen molar-refractivity contribution in [3.05, 3.63) is 72.6 Å². The number of hydrogen-bond donors (Lipinski definition) is 0. The molecule has 3 heterocycles. The summed E-state index contributed by atoms with van der Waals surface area (Å²) >= 11 is 0. The average Bonchev–Trinajstić information content (AvgIpc) is 3.01. The standard InChI is InChI=1S/C22H17N2O/c1-14-10-11-17-20-16-8-4-3-7-15(16)13-23-22(20)25-21(17)19(14)18-9-5-6-12-24(18)2/h3-13H,1-2H3/q+1. The van der Waals surface area contributed by atoms with Crippen LogP contribution in [0.15, 0.2) is 71.4 Å². The molecule has 3 heteroatoms. The van der Waals surface area contributed by atoms with Crippen molar-refractivity contribution < 1.29 is 8.98 Å². The molecular formula is C22H17N2O+. The molecule has 2 aromatic carbocycles. The van der Waals surface area contributed by atoms with Crippen LogP contribution in [0.1, 0.15) is 5.56 Å². The Bertz CT molecular complexity index is 1270. The fourth-order valence-electron chi connectivity index (χ4n) is 3.66. The maximum absolute atomic E-state index is 6.26. The third kappa shape index (κ3) is 1.99. The number of aryl methyl sites for hydroxylation is 2. The summed E-state index contributed by atoms with van der Waals surface area (Å²) in [5, 5.41) is 4.51. The lowest BCUT2D eigenvalue weighted by Gasteiger charge is -2.05. The summed E-state index contributed by atoms with van der Waals surface area (Å²) in [7, 11) is 2.06. The summed E-state index contributed by atoms with van der Waals surface area (Å²) in [6.45, 7) is 2.13. The van der Waals surface area contributed by atoms with Crippen molar-refractivity contribution in [2.75, 3.05) is 0 Å². The Balaban J connectivity index is 1.99. The van der Waals surface area contributed by atoms with Crippen molar-refractivity contribution in [1.29, 1.82) is 0 Å². The fourth-order valence-corrected chi connectivity index (χ4v) is 3.66. The molecule has 0 saturated heterocycles. The van der Waals surface area contributed by atoms with Crippen molar-refractivity contribution in [1.82, 2.24) is 4.98 Å². The summed E-state index contributed by atoms with van der Waals surface area (Å²) in [5.74, 6) is 0. The summed E-state index contributed by atoms with van der Waals surface area (Å²) in [6.07, 6.45) is 3.94. The molecule has 5 rings (SSSR count). The number of aromatic nitrogens is 2. The number of benzene rings is 2. The van der Waals surface area contributed by atoms with Crippen LogP contribution in [0.2, 0.25) is 0 Å². The molecule has 0 bridgehead atoms. The van der Waals surface area contributed by atoms with E-state index in [4.69, 9.17) is 4.42 Å². The van der Waals surface area contributed by atoms with Crippen LogP contribution >= 0.6 is 0 Å². The lowest BCUT2D eigenvalue weighted by atomic mass is 9.99. The van der Waals surface area contributed by atoms with Crippen LogP contribution in [-0.2, 0) is 7.05 Å². The van der Waals surface area contributed by atoms with Crippen LogP contribution < -0.4 is 4.57 Å². The number of rotatable bonds is 1. The molecule has 0 saturated carbocycles. The maximum atomic E-state index is 6.26. The molecule has 25 heavy (non-hydrogen) atoms. The Hall–Kier alpha value is -3.20. The summed E-state index contributed by atoms with van der Waals surface area (Å²) < 4.78 is 8.38. The van der Waals surface area contributed by atoms with E-state index in [0.29, 0.717) is 5.71 Å². The second-order valence-corrected chi connectivity index (χ2v) is 6.46. The molecule has 0 unspecified atom stereocenters. The number of nitrogens with zero attached hydrogens (tertiary/aromatic N) is 2. The SMILES string of the molecule is Cc1ccc2c(oc3ncc4ccccc4c32)c1-c1cccc[n+]1C. The average molecular weight is 325 g/mol. The quantitative estimate of drug-likeness (QED) is 0.409. The first-order chi connectivity index (χ1) is 12.2. The van der Waals surface area contributed by atoms with Gasteiger partial charge in [0.1, 0.15) is 7.05 Å². The molecule has 0 atom stereocenters. The monoisotopic (exact) mass is 325 g/mol. The van der Waals surface area contributed by atoms with Crippen molar-refractivity contribution in [2.24, 2.45) is 7.05 Å². The molecule has 3 nitrogen and oxygen atoms in total. The molecule has 0 amide bonds. The van der Waals surface area contributed by atoms with Crippen LogP contribution in [0.3, 0.4) is 0 Å². The Morgan fingerprint density at radius 3 is 2.64 bits per heavy atom. The maximum Gasteiger partial charge on any atom is 0.227 e. The zero-order valence-corrected chi connectivity index (χ0v) is 14.2. The molecule has 0 N–H and O–H groups in total. The van der Waals surface area contributed by atoms with E-state index in [1.165, 1.54) is 10.9 Å². The van der Waals surface area contributed by atoms with Gasteiger partial charge >= 0.3 is 0 Å². The van der Waals surface area contributed by atoms with E-state index >= 15 is 0 Å². The highest BCUT2D eigenvalue weighted by Crippen LogP contribution is 2.38. The Labute approximate surface area is 145 Å². The van der Waals surface area contributed by atoms with Gasteiger partial charge < -0.3 is 4.42 Å². The van der Waals surface area contributed by atoms with Gasteiger partial charge in [-0.25, -0.2) is 9.55 Å². The Morgan fingerprint density at radius 2 is 1.76 bits per heavy atom. The van der Waals surface area contributed by atoms with Crippen molar-refractivity contribution >= 4 is 32.8 Å². The van der Waals surface area contributed by atoms with Crippen LogP contribution in [-0.4, -0.2) is 4.98 Å². The molecule has 0 aliphatic carbocycles. The van der Waals surface area contributed by atoms with E-state index in [1.54, 1.807) is 0 Å². The van der Waals surface area contributed by atoms with Gasteiger partial charge in [0.05, 0.1) is 10.9 Å². The molecule has 0 aliphatic rings. The summed E-state index contributed by atoms with van der Waals surface area (Å²) in [4.78, 5) is 4.56. The highest BCUT2D eigenvalue weighted by Gasteiger charge is 2.21. The lowest BCUT2D eigenvalue weighted by molar-refractivity contribution is -0.660. The van der Waals surface area contributed by atoms with Gasteiger partial charge in [-0.1, -0.05) is 36.4 Å². The van der Waals surface area contributed by atoms with Gasteiger partial charge in [-0.3, -0.25) is 0 Å². The van der Waals surface area contributed by atoms with E-state index in [2.05, 4.69) is 72.2 Å². The molecule has 0 aliphatic heterocycles. The third-order valence-corrected chi connectivity index (χ3v) is 4.91. The van der Waals surface area contributed by atoms with Gasteiger partial charge in [0.2, 0.25) is 11.4 Å². The number of pyridine rings is 2. The van der Waals surface area contributed by atoms with E-state index in [-0.39, 0.29) is 0 Å². The molecule has 3 aromatic heterocycles. The van der Waals surface area contributed by atoms with Crippen molar-refractivity contribution in [3.63, 3.8) is 0 Å². The smallest absolute Gasteiger partial charge is 0.227 e. The first-order valence-electron chi connectivity index (χ1n) is 8.38. The first kappa shape index (κ1) is 14.2. The summed E-state index contributed by atoms with van der Waals surface area (Å²) in [6, 6.07) is 18.9. The van der Waals surface area contributed by atoms with Crippen molar-refractivity contribution in [3.8, 4) is 11.3 Å². The third-order valence-electron chi connectivity index (χ3n) is 4.91. The minimum Gasteiger partial charge on any atom is -0.437 e. The van der Waals surface area contributed by atoms with Crippen molar-refractivity contribution in [2.45, 2.75) is 6.92 Å². The fraction of sp³-hybridized carbons (Fsp3) is 0.0909. The lowest BCUT2D eigenvalue weighted by Crippen LogP contribution is -2.30. The van der Waals surface area contributed by atoms with E-state index in [1.807, 2.05) is 18.3 Å². The molecule has 0 radical (unpaired) electrons. The second kappa shape index (κ2) is 5.15. The number of fused-ring (bicyclic) bond motifs is 5. The van der Waals surface area contributed by atoms with Crippen LogP contribution in [0.5, 0.6) is 0 Å². The zero-order chi connectivity index (χ0) is 17.0. The van der Waals surface area contributed by atoms with Crippen LogP contribution in [0.25, 0.3) is 44.1 Å². The van der Waals surface area contributed by atoms with Gasteiger partial charge in [-0.2, -0.15) is 0 Å². The highest BCUT2D eigenvalue weighted by atomic mass is 16.3. The predicted octanol–water partition coefficient (Wildman–Crippen LogP) is 4.93. The highest BCUT2D eigenvalue weighted by molar-refractivity contribution is 6.19. The minimum absolute atomic E-state index is 0.694. The molecule has 120 valence electrons. The van der Waals surface area contributed by atoms with Gasteiger partial charge in [0.15, 0.2) is 11.8 Å². The van der Waals surface area contributed by atoms with E-state index < -0.39 is 0 Å². The minimum atomic E-state index is 0.694. The van der Waals surface area contributed by atoms with E-state index in [0.717, 1.165) is 33.0 Å². The van der Waals surface area contributed by atoms with Gasteiger partial charge in [-0.15, -0.1) is 0 Å². The first-order valence-corrected chi connectivity index (χ1v) is 8.38. The number of furan rings is 1. The molecule has 0 spiro atoms. The van der Waals surface area contributed by atoms with E-state index in [9.17, 15) is 0 Å². The van der Waals surface area contributed by atoms with Gasteiger partial charge in [0.25, 0.3) is 0 Å². The largest absolute Gasteiger partial charge is 0.437 e. The predicted molar refractivity (Wildman–Crippen MR) is 100 cm³/mol. The normalized spacial score (nSPS) is 11.6. The van der Waals surface area contributed by atoms with Gasteiger partial charge in [0, 0.05) is 29.1 Å².